The lowest BCUT2D eigenvalue weighted by molar-refractivity contribution is -0.115. The van der Waals surface area contributed by atoms with E-state index >= 15 is 0 Å². The van der Waals surface area contributed by atoms with Crippen molar-refractivity contribution in [2.75, 3.05) is 51.1 Å². The van der Waals surface area contributed by atoms with Gasteiger partial charge in [-0.2, -0.15) is 0 Å². The monoisotopic (exact) mass is 438 g/mol. The topological polar surface area (TPSA) is 47.6 Å². The number of anilines is 1. The average molecular weight is 440 g/mol. The van der Waals surface area contributed by atoms with Crippen LogP contribution in [-0.2, 0) is 11.3 Å². The lowest BCUT2D eigenvalue weighted by Gasteiger charge is -2.34. The van der Waals surface area contributed by atoms with Gasteiger partial charge in [-0.25, -0.2) is 0 Å². The van der Waals surface area contributed by atoms with Crippen molar-refractivity contribution in [1.29, 1.82) is 0 Å². The van der Waals surface area contributed by atoms with Crippen LogP contribution in [0, 0.1) is 5.92 Å². The second kappa shape index (κ2) is 13.6. The van der Waals surface area contributed by atoms with Crippen molar-refractivity contribution in [3.8, 4) is 0 Å². The second-order valence-corrected chi connectivity index (χ2v) is 7.03. The molecular weight excluding hydrogens is 407 g/mol. The maximum atomic E-state index is 11.9. The molecule has 1 heterocycles. The molecule has 5 nitrogen and oxygen atoms in total. The van der Waals surface area contributed by atoms with E-state index in [1.54, 1.807) is 0 Å². The van der Waals surface area contributed by atoms with Gasteiger partial charge in [0, 0.05) is 38.4 Å². The molecule has 0 spiro atoms. The number of halogens is 3. The highest BCUT2D eigenvalue weighted by Crippen LogP contribution is 2.27. The molecule has 2 fully saturated rings. The molecule has 0 unspecified atom stereocenters. The van der Waals surface area contributed by atoms with Gasteiger partial charge < -0.3 is 15.5 Å². The van der Waals surface area contributed by atoms with Crippen molar-refractivity contribution in [2.45, 2.75) is 26.3 Å². The predicted molar refractivity (Wildman–Crippen MR) is 120 cm³/mol. The minimum absolute atomic E-state index is 0. The van der Waals surface area contributed by atoms with Crippen LogP contribution in [0.5, 0.6) is 0 Å². The quantitative estimate of drug-likeness (QED) is 0.653. The third kappa shape index (κ3) is 9.46. The van der Waals surface area contributed by atoms with E-state index in [2.05, 4.69) is 39.5 Å². The molecule has 1 aromatic carbocycles. The van der Waals surface area contributed by atoms with E-state index in [9.17, 15) is 4.79 Å². The Hall–Kier alpha value is -0.560. The highest BCUT2D eigenvalue weighted by molar-refractivity contribution is 5.92. The number of carbonyl (C=O) groups is 1. The minimum atomic E-state index is 0. The smallest absolute Gasteiger partial charge is 0.238 e. The SMILES string of the molecule is CCN1CCN(Cc2ccc(NC(=O)CNCC3CC3)cc2)CC1.Cl.Cl.Cl. The molecule has 1 aliphatic carbocycles. The van der Waals surface area contributed by atoms with Crippen molar-refractivity contribution in [2.24, 2.45) is 5.92 Å². The Morgan fingerprint density at radius 2 is 1.59 bits per heavy atom. The number of hydrogen-bond donors (Lipinski definition) is 2. The molecule has 1 amide bonds. The van der Waals surface area contributed by atoms with E-state index in [0.717, 1.165) is 44.3 Å². The van der Waals surface area contributed by atoms with Crippen molar-refractivity contribution in [3.63, 3.8) is 0 Å². The molecule has 27 heavy (non-hydrogen) atoms. The van der Waals surface area contributed by atoms with Crippen LogP contribution in [0.4, 0.5) is 5.69 Å². The third-order valence-corrected chi connectivity index (χ3v) is 4.97. The fourth-order valence-corrected chi connectivity index (χ4v) is 3.13. The normalized spacial score (nSPS) is 17.2. The molecule has 156 valence electrons. The first-order valence-corrected chi connectivity index (χ1v) is 9.27. The highest BCUT2D eigenvalue weighted by Gasteiger charge is 2.20. The summed E-state index contributed by atoms with van der Waals surface area (Å²) in [4.78, 5) is 16.9. The van der Waals surface area contributed by atoms with E-state index < -0.39 is 0 Å². The standard InChI is InChI=1S/C19H30N4O.3ClH/c1-2-22-9-11-23(12-10-22)15-17-5-7-18(8-6-17)21-19(24)14-20-13-16-3-4-16;;;/h5-8,16,20H,2-4,9-15H2,1H3,(H,21,24);3*1H. The summed E-state index contributed by atoms with van der Waals surface area (Å²) in [6.45, 7) is 10.4. The van der Waals surface area contributed by atoms with Gasteiger partial charge in [-0.1, -0.05) is 19.1 Å². The van der Waals surface area contributed by atoms with Crippen molar-refractivity contribution in [3.05, 3.63) is 29.8 Å². The van der Waals surface area contributed by atoms with Crippen molar-refractivity contribution in [1.82, 2.24) is 15.1 Å². The van der Waals surface area contributed by atoms with Gasteiger partial charge in [0.2, 0.25) is 5.91 Å². The van der Waals surface area contributed by atoms with Crippen LogP contribution >= 0.6 is 37.2 Å². The van der Waals surface area contributed by atoms with Gasteiger partial charge in [0.1, 0.15) is 0 Å². The fourth-order valence-electron chi connectivity index (χ4n) is 3.13. The lowest BCUT2D eigenvalue weighted by Crippen LogP contribution is -2.45. The summed E-state index contributed by atoms with van der Waals surface area (Å²) in [5, 5.41) is 6.18. The predicted octanol–water partition coefficient (Wildman–Crippen LogP) is 3.03. The van der Waals surface area contributed by atoms with Crippen LogP contribution in [0.2, 0.25) is 0 Å². The van der Waals surface area contributed by atoms with Crippen LogP contribution < -0.4 is 10.6 Å². The molecule has 0 atom stereocenters. The van der Waals surface area contributed by atoms with E-state index in [-0.39, 0.29) is 43.1 Å². The maximum Gasteiger partial charge on any atom is 0.238 e. The first-order chi connectivity index (χ1) is 11.7. The van der Waals surface area contributed by atoms with Gasteiger partial charge in [-0.05, 0) is 49.5 Å². The van der Waals surface area contributed by atoms with Gasteiger partial charge in [-0.15, -0.1) is 37.2 Å². The number of benzene rings is 1. The Morgan fingerprint density at radius 1 is 1.00 bits per heavy atom. The Kier molecular flexibility index (Phi) is 13.3. The first kappa shape index (κ1) is 26.4. The van der Waals surface area contributed by atoms with Crippen molar-refractivity contribution >= 4 is 48.8 Å². The molecule has 1 saturated carbocycles. The number of nitrogens with zero attached hydrogens (tertiary/aromatic N) is 2. The Morgan fingerprint density at radius 3 is 2.15 bits per heavy atom. The van der Waals surface area contributed by atoms with Crippen LogP contribution in [0.15, 0.2) is 24.3 Å². The number of nitrogens with one attached hydrogen (secondary N) is 2. The van der Waals surface area contributed by atoms with Crippen LogP contribution in [0.3, 0.4) is 0 Å². The van der Waals surface area contributed by atoms with E-state index in [1.807, 2.05) is 12.1 Å². The summed E-state index contributed by atoms with van der Waals surface area (Å²) in [6, 6.07) is 8.27. The van der Waals surface area contributed by atoms with Crippen LogP contribution in [-0.4, -0.2) is 61.5 Å². The number of likely N-dealkylation sites (N-methyl/N-ethyl adjacent to an activating group) is 1. The van der Waals surface area contributed by atoms with Crippen LogP contribution in [0.25, 0.3) is 0 Å². The number of amides is 1. The second-order valence-electron chi connectivity index (χ2n) is 7.03. The Balaban J connectivity index is 0.00000225. The van der Waals surface area contributed by atoms with E-state index in [1.165, 1.54) is 31.5 Å². The van der Waals surface area contributed by atoms with Crippen molar-refractivity contribution < 1.29 is 4.79 Å². The summed E-state index contributed by atoms with van der Waals surface area (Å²) < 4.78 is 0. The maximum absolute atomic E-state index is 11.9. The molecule has 3 rings (SSSR count). The molecule has 1 aromatic rings. The van der Waals surface area contributed by atoms with Crippen LogP contribution in [0.1, 0.15) is 25.3 Å². The van der Waals surface area contributed by atoms with E-state index in [0.29, 0.717) is 6.54 Å². The van der Waals surface area contributed by atoms with Gasteiger partial charge >= 0.3 is 0 Å². The summed E-state index contributed by atoms with van der Waals surface area (Å²) >= 11 is 0. The van der Waals surface area contributed by atoms with Gasteiger partial charge in [0.15, 0.2) is 0 Å². The summed E-state index contributed by atoms with van der Waals surface area (Å²) in [7, 11) is 0. The lowest BCUT2D eigenvalue weighted by atomic mass is 10.1. The zero-order valence-corrected chi connectivity index (χ0v) is 18.4. The summed E-state index contributed by atoms with van der Waals surface area (Å²) in [6.07, 6.45) is 2.62. The number of carbonyl (C=O) groups excluding carboxylic acids is 1. The van der Waals surface area contributed by atoms with Gasteiger partial charge in [0.25, 0.3) is 0 Å². The summed E-state index contributed by atoms with van der Waals surface area (Å²) in [5.74, 6) is 0.843. The molecule has 2 aliphatic rings. The highest BCUT2D eigenvalue weighted by atomic mass is 35.5. The molecule has 0 bridgehead atoms. The minimum Gasteiger partial charge on any atom is -0.325 e. The number of hydrogen-bond acceptors (Lipinski definition) is 4. The number of piperazine rings is 1. The fraction of sp³-hybridized carbons (Fsp3) is 0.632. The number of rotatable bonds is 8. The molecule has 8 heteroatoms. The molecule has 1 aliphatic heterocycles. The zero-order chi connectivity index (χ0) is 16.8. The van der Waals surface area contributed by atoms with Gasteiger partial charge in [-0.3, -0.25) is 9.69 Å². The third-order valence-electron chi connectivity index (χ3n) is 4.97. The molecule has 1 saturated heterocycles. The molecule has 0 radical (unpaired) electrons. The molecule has 0 aromatic heterocycles. The summed E-state index contributed by atoms with van der Waals surface area (Å²) in [5.41, 5.74) is 2.19. The molecular formula is C19H33Cl3N4O. The Bertz CT molecular complexity index is 532. The van der Waals surface area contributed by atoms with Gasteiger partial charge in [0.05, 0.1) is 6.54 Å². The first-order valence-electron chi connectivity index (χ1n) is 9.27. The zero-order valence-electron chi connectivity index (χ0n) is 16.0. The van der Waals surface area contributed by atoms with E-state index in [4.69, 9.17) is 0 Å². The largest absolute Gasteiger partial charge is 0.325 e. The average Bonchev–Trinajstić information content (AvgIpc) is 3.42. The molecule has 2 N–H and O–H groups in total. The Labute approximate surface area is 181 Å².